The standard InChI is InChI=1S/C14H8Cl4O2/c15-10-2-1-7(3-9(10)6-13(19)20)8-4-11(16)14(18)12(17)5-8/h1-5H,6H2,(H,19,20). The number of hydrogen-bond acceptors (Lipinski definition) is 1. The van der Waals surface area contributed by atoms with Crippen LogP contribution in [0.15, 0.2) is 30.3 Å². The molecule has 0 radical (unpaired) electrons. The number of halogens is 4. The van der Waals surface area contributed by atoms with Gasteiger partial charge in [-0.05, 0) is 41.0 Å². The molecule has 0 aliphatic rings. The third kappa shape index (κ3) is 3.39. The van der Waals surface area contributed by atoms with Crippen molar-refractivity contribution in [3.05, 3.63) is 56.0 Å². The molecule has 0 unspecified atom stereocenters. The molecule has 0 heterocycles. The highest BCUT2D eigenvalue weighted by atomic mass is 35.5. The van der Waals surface area contributed by atoms with E-state index in [1.165, 1.54) is 0 Å². The molecule has 0 fully saturated rings. The van der Waals surface area contributed by atoms with Gasteiger partial charge in [0.15, 0.2) is 0 Å². The van der Waals surface area contributed by atoms with Gasteiger partial charge in [0.05, 0.1) is 21.5 Å². The van der Waals surface area contributed by atoms with Crippen molar-refractivity contribution in [3.63, 3.8) is 0 Å². The van der Waals surface area contributed by atoms with Gasteiger partial charge in [-0.3, -0.25) is 4.79 Å². The number of aliphatic carboxylic acids is 1. The molecule has 2 aromatic rings. The lowest BCUT2D eigenvalue weighted by atomic mass is 10.0. The van der Waals surface area contributed by atoms with Crippen LogP contribution in [0.25, 0.3) is 11.1 Å². The first-order chi connectivity index (χ1) is 9.38. The van der Waals surface area contributed by atoms with Crippen LogP contribution in [0.4, 0.5) is 0 Å². The Bertz CT molecular complexity index is 660. The van der Waals surface area contributed by atoms with E-state index in [-0.39, 0.29) is 11.4 Å². The van der Waals surface area contributed by atoms with E-state index in [1.54, 1.807) is 30.3 Å². The summed E-state index contributed by atoms with van der Waals surface area (Å²) in [6, 6.07) is 8.45. The van der Waals surface area contributed by atoms with Crippen molar-refractivity contribution in [3.8, 4) is 11.1 Å². The van der Waals surface area contributed by atoms with E-state index >= 15 is 0 Å². The lowest BCUT2D eigenvalue weighted by molar-refractivity contribution is -0.136. The van der Waals surface area contributed by atoms with Crippen molar-refractivity contribution >= 4 is 52.4 Å². The predicted molar refractivity (Wildman–Crippen MR) is 83.3 cm³/mol. The lowest BCUT2D eigenvalue weighted by Gasteiger charge is -2.08. The first kappa shape index (κ1) is 15.5. The minimum absolute atomic E-state index is 0.151. The van der Waals surface area contributed by atoms with Crippen LogP contribution in [0.2, 0.25) is 20.1 Å². The molecule has 104 valence electrons. The quantitative estimate of drug-likeness (QED) is 0.733. The highest BCUT2D eigenvalue weighted by molar-refractivity contribution is 6.48. The first-order valence-electron chi connectivity index (χ1n) is 5.53. The van der Waals surface area contributed by atoms with Crippen molar-refractivity contribution < 1.29 is 9.90 Å². The Balaban J connectivity index is 2.50. The van der Waals surface area contributed by atoms with E-state index in [0.717, 1.165) is 11.1 Å². The van der Waals surface area contributed by atoms with Crippen molar-refractivity contribution in [1.29, 1.82) is 0 Å². The lowest BCUT2D eigenvalue weighted by Crippen LogP contribution is -2.00. The molecule has 0 saturated carbocycles. The summed E-state index contributed by atoms with van der Waals surface area (Å²) in [5.41, 5.74) is 2.04. The third-order valence-corrected chi connectivity index (χ3v) is 4.27. The fourth-order valence-electron chi connectivity index (χ4n) is 1.77. The van der Waals surface area contributed by atoms with Crippen LogP contribution in [0.3, 0.4) is 0 Å². The van der Waals surface area contributed by atoms with Crippen LogP contribution < -0.4 is 0 Å². The number of carboxylic acids is 1. The molecule has 1 N–H and O–H groups in total. The Morgan fingerprint density at radius 2 is 1.50 bits per heavy atom. The number of benzene rings is 2. The van der Waals surface area contributed by atoms with E-state index in [2.05, 4.69) is 0 Å². The minimum atomic E-state index is -0.948. The van der Waals surface area contributed by atoms with Crippen LogP contribution in [-0.2, 0) is 11.2 Å². The van der Waals surface area contributed by atoms with E-state index in [4.69, 9.17) is 51.5 Å². The molecule has 2 rings (SSSR count). The summed E-state index contributed by atoms with van der Waals surface area (Å²) in [6.07, 6.45) is -0.151. The molecule has 0 amide bonds. The van der Waals surface area contributed by atoms with Gasteiger partial charge in [0, 0.05) is 5.02 Å². The fraction of sp³-hybridized carbons (Fsp3) is 0.0714. The third-order valence-electron chi connectivity index (χ3n) is 2.70. The van der Waals surface area contributed by atoms with Gasteiger partial charge in [0.25, 0.3) is 0 Å². The predicted octanol–water partition coefficient (Wildman–Crippen LogP) is 5.59. The molecule has 0 saturated heterocycles. The van der Waals surface area contributed by atoms with E-state index in [9.17, 15) is 4.79 Å². The molecule has 20 heavy (non-hydrogen) atoms. The average Bonchev–Trinajstić information content (AvgIpc) is 2.37. The van der Waals surface area contributed by atoms with E-state index in [1.807, 2.05) is 0 Å². The number of carbonyl (C=O) groups is 1. The Hall–Kier alpha value is -0.930. The zero-order valence-corrected chi connectivity index (χ0v) is 13.0. The van der Waals surface area contributed by atoms with Gasteiger partial charge in [0.2, 0.25) is 0 Å². The highest BCUT2D eigenvalue weighted by Crippen LogP contribution is 2.36. The average molecular weight is 350 g/mol. The highest BCUT2D eigenvalue weighted by Gasteiger charge is 2.11. The normalized spacial score (nSPS) is 10.6. The topological polar surface area (TPSA) is 37.3 Å². The number of hydrogen-bond donors (Lipinski definition) is 1. The van der Waals surface area contributed by atoms with Gasteiger partial charge in [-0.25, -0.2) is 0 Å². The van der Waals surface area contributed by atoms with Crippen LogP contribution in [0.1, 0.15) is 5.56 Å². The van der Waals surface area contributed by atoms with Crippen molar-refractivity contribution in [1.82, 2.24) is 0 Å². The molecule has 6 heteroatoms. The van der Waals surface area contributed by atoms with Crippen molar-refractivity contribution in [2.45, 2.75) is 6.42 Å². The molecule has 2 aromatic carbocycles. The molecule has 2 nitrogen and oxygen atoms in total. The zero-order valence-electron chi connectivity index (χ0n) is 9.96. The number of carboxylic acid groups (broad SMARTS) is 1. The summed E-state index contributed by atoms with van der Waals surface area (Å²) in [6.45, 7) is 0. The first-order valence-corrected chi connectivity index (χ1v) is 7.05. The summed E-state index contributed by atoms with van der Waals surface area (Å²) in [7, 11) is 0. The molecule has 0 aliphatic heterocycles. The largest absolute Gasteiger partial charge is 0.481 e. The molecule has 0 aromatic heterocycles. The summed E-state index contributed by atoms with van der Waals surface area (Å²) in [4.78, 5) is 10.8. The second-order valence-corrected chi connectivity index (χ2v) is 5.73. The molecule has 0 aliphatic carbocycles. The smallest absolute Gasteiger partial charge is 0.307 e. The number of rotatable bonds is 3. The maximum Gasteiger partial charge on any atom is 0.307 e. The fourth-order valence-corrected chi connectivity index (χ4v) is 2.56. The summed E-state index contributed by atoms with van der Waals surface area (Å²) in [5.74, 6) is -0.948. The van der Waals surface area contributed by atoms with Crippen molar-refractivity contribution in [2.75, 3.05) is 0 Å². The molecular weight excluding hydrogens is 342 g/mol. The van der Waals surface area contributed by atoms with Crippen LogP contribution >= 0.6 is 46.4 Å². The molecule has 0 bridgehead atoms. The van der Waals surface area contributed by atoms with Gasteiger partial charge in [0.1, 0.15) is 0 Å². The van der Waals surface area contributed by atoms with Gasteiger partial charge < -0.3 is 5.11 Å². The van der Waals surface area contributed by atoms with Crippen LogP contribution in [0, 0.1) is 0 Å². The zero-order chi connectivity index (χ0) is 14.9. The van der Waals surface area contributed by atoms with Crippen LogP contribution in [0.5, 0.6) is 0 Å². The van der Waals surface area contributed by atoms with Crippen molar-refractivity contribution in [2.24, 2.45) is 0 Å². The van der Waals surface area contributed by atoms with E-state index in [0.29, 0.717) is 20.6 Å². The van der Waals surface area contributed by atoms with Gasteiger partial charge >= 0.3 is 5.97 Å². The molecule has 0 atom stereocenters. The summed E-state index contributed by atoms with van der Waals surface area (Å²) >= 11 is 23.9. The maximum atomic E-state index is 10.8. The summed E-state index contributed by atoms with van der Waals surface area (Å²) in [5, 5.41) is 10.2. The Morgan fingerprint density at radius 1 is 0.900 bits per heavy atom. The monoisotopic (exact) mass is 348 g/mol. The molecule has 0 spiro atoms. The van der Waals surface area contributed by atoms with Gasteiger partial charge in [-0.2, -0.15) is 0 Å². The van der Waals surface area contributed by atoms with Gasteiger partial charge in [-0.1, -0.05) is 52.5 Å². The Morgan fingerprint density at radius 3 is 2.05 bits per heavy atom. The Kier molecular flexibility index (Phi) is 4.82. The summed E-state index contributed by atoms with van der Waals surface area (Å²) < 4.78 is 0. The van der Waals surface area contributed by atoms with Gasteiger partial charge in [-0.15, -0.1) is 0 Å². The minimum Gasteiger partial charge on any atom is -0.481 e. The van der Waals surface area contributed by atoms with E-state index < -0.39 is 5.97 Å². The molecular formula is C14H8Cl4O2. The second-order valence-electron chi connectivity index (χ2n) is 4.13. The maximum absolute atomic E-state index is 10.8. The Labute approximate surface area is 135 Å². The second kappa shape index (κ2) is 6.23. The van der Waals surface area contributed by atoms with Crippen LogP contribution in [-0.4, -0.2) is 11.1 Å². The SMILES string of the molecule is O=C(O)Cc1cc(-c2cc(Cl)c(Cl)c(Cl)c2)ccc1Cl.